The first kappa shape index (κ1) is 14.3. The summed E-state index contributed by atoms with van der Waals surface area (Å²) in [5.41, 5.74) is 8.19. The maximum absolute atomic E-state index is 12.1. The highest BCUT2D eigenvalue weighted by atomic mass is 127. The first-order valence-corrected chi connectivity index (χ1v) is 7.78. The third kappa shape index (κ3) is 3.27. The Bertz CT molecular complexity index is 590. The maximum atomic E-state index is 12.1. The number of carbonyl (C=O) groups is 1. The molecule has 1 heterocycles. The number of hydrogen-bond acceptors (Lipinski definition) is 4. The highest BCUT2D eigenvalue weighted by molar-refractivity contribution is 14.1. The number of nitrogens with two attached hydrogens (primary N) is 1. The van der Waals surface area contributed by atoms with Crippen LogP contribution in [0.2, 0.25) is 0 Å². The molecule has 0 radical (unpaired) electrons. The fraction of sp³-hybridized carbons (Fsp3) is 0.214. The van der Waals surface area contributed by atoms with Crippen molar-refractivity contribution in [2.24, 2.45) is 0 Å². The minimum atomic E-state index is -0.359. The van der Waals surface area contributed by atoms with E-state index in [1.54, 1.807) is 0 Å². The summed E-state index contributed by atoms with van der Waals surface area (Å²) in [6, 6.07) is 7.97. The Hall–Kier alpha value is -1.08. The molecule has 19 heavy (non-hydrogen) atoms. The van der Waals surface area contributed by atoms with Crippen molar-refractivity contribution in [3.63, 3.8) is 0 Å². The first-order valence-electron chi connectivity index (χ1n) is 5.83. The van der Waals surface area contributed by atoms with Crippen LogP contribution in [0, 0.1) is 3.57 Å². The first-order chi connectivity index (χ1) is 8.99. The third-order valence-corrected chi connectivity index (χ3v) is 4.05. The van der Waals surface area contributed by atoms with Crippen LogP contribution in [0.4, 0.5) is 5.00 Å². The van der Waals surface area contributed by atoms with Crippen LogP contribution in [0.15, 0.2) is 29.6 Å². The Balaban J connectivity index is 2.42. The van der Waals surface area contributed by atoms with E-state index in [2.05, 4.69) is 22.6 Å². The zero-order valence-electron chi connectivity index (χ0n) is 10.6. The molecule has 0 aliphatic carbocycles. The van der Waals surface area contributed by atoms with E-state index in [4.69, 9.17) is 10.5 Å². The monoisotopic (exact) mass is 387 g/mol. The van der Waals surface area contributed by atoms with Gasteiger partial charge in [-0.25, -0.2) is 4.79 Å². The minimum absolute atomic E-state index is 0.156. The van der Waals surface area contributed by atoms with E-state index in [0.29, 0.717) is 10.6 Å². The molecule has 5 heteroatoms. The second-order valence-corrected chi connectivity index (χ2v) is 6.51. The van der Waals surface area contributed by atoms with Crippen LogP contribution >= 0.6 is 33.9 Å². The highest BCUT2D eigenvalue weighted by Gasteiger charge is 2.20. The molecule has 2 N–H and O–H groups in total. The summed E-state index contributed by atoms with van der Waals surface area (Å²) in [6.07, 6.45) is -0.156. The molecule has 3 nitrogen and oxygen atoms in total. The van der Waals surface area contributed by atoms with E-state index in [-0.39, 0.29) is 12.1 Å². The second kappa shape index (κ2) is 5.92. The number of benzene rings is 1. The van der Waals surface area contributed by atoms with Gasteiger partial charge in [0.2, 0.25) is 0 Å². The average Bonchev–Trinajstić information content (AvgIpc) is 2.71. The van der Waals surface area contributed by atoms with Crippen LogP contribution in [0.5, 0.6) is 0 Å². The Morgan fingerprint density at radius 2 is 1.95 bits per heavy atom. The molecule has 2 rings (SSSR count). The van der Waals surface area contributed by atoms with Crippen LogP contribution in [-0.2, 0) is 4.74 Å². The molecule has 0 amide bonds. The lowest BCUT2D eigenvalue weighted by molar-refractivity contribution is 0.0380. The molecule has 1 aromatic heterocycles. The number of nitrogen functional groups attached to an aromatic ring is 1. The van der Waals surface area contributed by atoms with E-state index < -0.39 is 0 Å². The predicted octanol–water partition coefficient (Wildman–Crippen LogP) is 4.17. The highest BCUT2D eigenvalue weighted by Crippen LogP contribution is 2.34. The SMILES string of the molecule is CC(C)OC(=O)c1c(-c2ccc(I)cc2)csc1N. The van der Waals surface area contributed by atoms with Gasteiger partial charge in [0, 0.05) is 14.5 Å². The summed E-state index contributed by atoms with van der Waals surface area (Å²) < 4.78 is 6.40. The van der Waals surface area contributed by atoms with Crippen molar-refractivity contribution in [1.82, 2.24) is 0 Å². The van der Waals surface area contributed by atoms with E-state index in [9.17, 15) is 4.79 Å². The standard InChI is InChI=1S/C14H14INO2S/c1-8(2)18-14(17)12-11(7-19-13(12)16)9-3-5-10(15)6-4-9/h3-8H,16H2,1-2H3. The molecule has 0 bridgehead atoms. The number of halogens is 1. The lowest BCUT2D eigenvalue weighted by Crippen LogP contribution is -2.13. The molecule has 0 spiro atoms. The summed E-state index contributed by atoms with van der Waals surface area (Å²) in [5.74, 6) is -0.359. The van der Waals surface area contributed by atoms with Gasteiger partial charge in [0.1, 0.15) is 10.6 Å². The minimum Gasteiger partial charge on any atom is -0.459 e. The number of esters is 1. The Labute approximate surface area is 129 Å². The van der Waals surface area contributed by atoms with Crippen LogP contribution < -0.4 is 5.73 Å². The van der Waals surface area contributed by atoms with Gasteiger partial charge in [-0.2, -0.15) is 0 Å². The molecule has 100 valence electrons. The van der Waals surface area contributed by atoms with Gasteiger partial charge in [-0.15, -0.1) is 11.3 Å². The lowest BCUT2D eigenvalue weighted by atomic mass is 10.0. The molecule has 0 aliphatic rings. The van der Waals surface area contributed by atoms with E-state index in [1.807, 2.05) is 43.5 Å². The number of anilines is 1. The van der Waals surface area contributed by atoms with Gasteiger partial charge in [-0.3, -0.25) is 0 Å². The smallest absolute Gasteiger partial charge is 0.342 e. The Morgan fingerprint density at radius 1 is 1.32 bits per heavy atom. The van der Waals surface area contributed by atoms with Gasteiger partial charge in [-0.1, -0.05) is 12.1 Å². The summed E-state index contributed by atoms with van der Waals surface area (Å²) in [7, 11) is 0. The number of hydrogen-bond donors (Lipinski definition) is 1. The molecule has 0 fully saturated rings. The number of carbonyl (C=O) groups excluding carboxylic acids is 1. The molecule has 1 aromatic carbocycles. The van der Waals surface area contributed by atoms with Crippen LogP contribution in [0.25, 0.3) is 11.1 Å². The fourth-order valence-electron chi connectivity index (χ4n) is 1.70. The van der Waals surface area contributed by atoms with Crippen molar-refractivity contribution in [1.29, 1.82) is 0 Å². The number of ether oxygens (including phenoxy) is 1. The van der Waals surface area contributed by atoms with Gasteiger partial charge in [0.25, 0.3) is 0 Å². The molecular weight excluding hydrogens is 373 g/mol. The molecule has 0 atom stereocenters. The summed E-state index contributed by atoms with van der Waals surface area (Å²) in [6.45, 7) is 3.65. The molecule has 0 saturated heterocycles. The van der Waals surface area contributed by atoms with Crippen molar-refractivity contribution < 1.29 is 9.53 Å². The van der Waals surface area contributed by atoms with Crippen molar-refractivity contribution in [3.05, 3.63) is 38.8 Å². The summed E-state index contributed by atoms with van der Waals surface area (Å²) in [5, 5.41) is 2.40. The summed E-state index contributed by atoms with van der Waals surface area (Å²) >= 11 is 3.61. The normalized spacial score (nSPS) is 10.7. The topological polar surface area (TPSA) is 52.3 Å². The number of thiophene rings is 1. The predicted molar refractivity (Wildman–Crippen MR) is 87.4 cm³/mol. The van der Waals surface area contributed by atoms with Gasteiger partial charge in [0.15, 0.2) is 0 Å². The average molecular weight is 387 g/mol. The van der Waals surface area contributed by atoms with Gasteiger partial charge >= 0.3 is 5.97 Å². The maximum Gasteiger partial charge on any atom is 0.342 e. The van der Waals surface area contributed by atoms with Crippen LogP contribution in [-0.4, -0.2) is 12.1 Å². The van der Waals surface area contributed by atoms with Crippen molar-refractivity contribution in [2.75, 3.05) is 5.73 Å². The van der Waals surface area contributed by atoms with Crippen molar-refractivity contribution >= 4 is 44.9 Å². The molecule has 0 aliphatic heterocycles. The van der Waals surface area contributed by atoms with Gasteiger partial charge in [-0.05, 0) is 54.1 Å². The van der Waals surface area contributed by atoms with Crippen LogP contribution in [0.3, 0.4) is 0 Å². The fourth-order valence-corrected chi connectivity index (χ4v) is 2.87. The zero-order valence-corrected chi connectivity index (χ0v) is 13.6. The Morgan fingerprint density at radius 3 is 2.53 bits per heavy atom. The van der Waals surface area contributed by atoms with Crippen molar-refractivity contribution in [3.8, 4) is 11.1 Å². The van der Waals surface area contributed by atoms with Gasteiger partial charge < -0.3 is 10.5 Å². The quantitative estimate of drug-likeness (QED) is 0.636. The summed E-state index contributed by atoms with van der Waals surface area (Å²) in [4.78, 5) is 12.1. The second-order valence-electron chi connectivity index (χ2n) is 4.35. The zero-order chi connectivity index (χ0) is 14.0. The van der Waals surface area contributed by atoms with E-state index in [0.717, 1.165) is 14.7 Å². The Kier molecular flexibility index (Phi) is 4.46. The van der Waals surface area contributed by atoms with E-state index >= 15 is 0 Å². The largest absolute Gasteiger partial charge is 0.459 e. The number of rotatable bonds is 3. The molecule has 0 saturated carbocycles. The van der Waals surface area contributed by atoms with Crippen molar-refractivity contribution in [2.45, 2.75) is 20.0 Å². The van der Waals surface area contributed by atoms with E-state index in [1.165, 1.54) is 11.3 Å². The molecular formula is C14H14INO2S. The van der Waals surface area contributed by atoms with Crippen LogP contribution in [0.1, 0.15) is 24.2 Å². The molecule has 2 aromatic rings. The third-order valence-electron chi connectivity index (χ3n) is 2.52. The molecule has 0 unspecified atom stereocenters. The lowest BCUT2D eigenvalue weighted by Gasteiger charge is -2.09. The van der Waals surface area contributed by atoms with Gasteiger partial charge in [0.05, 0.1) is 6.10 Å².